The standard InChI is InChI=1S/C13H9NO/c1-2-4-10(5-3-1)12-13-11(6-8-14-12)7-9-15-13/h1-9H. The van der Waals surface area contributed by atoms with Crippen molar-refractivity contribution in [2.24, 2.45) is 0 Å². The van der Waals surface area contributed by atoms with Gasteiger partial charge in [-0.15, -0.1) is 0 Å². The molecule has 0 unspecified atom stereocenters. The fourth-order valence-electron chi connectivity index (χ4n) is 1.70. The van der Waals surface area contributed by atoms with Crippen molar-refractivity contribution in [2.45, 2.75) is 0 Å². The van der Waals surface area contributed by atoms with Crippen LogP contribution in [-0.2, 0) is 0 Å². The number of hydrogen-bond acceptors (Lipinski definition) is 2. The van der Waals surface area contributed by atoms with E-state index in [9.17, 15) is 0 Å². The first kappa shape index (κ1) is 8.24. The van der Waals surface area contributed by atoms with E-state index in [0.29, 0.717) is 0 Å². The van der Waals surface area contributed by atoms with Crippen LogP contribution in [0, 0.1) is 0 Å². The largest absolute Gasteiger partial charge is 0.462 e. The summed E-state index contributed by atoms with van der Waals surface area (Å²) < 4.78 is 5.44. The van der Waals surface area contributed by atoms with E-state index in [4.69, 9.17) is 4.42 Å². The number of aromatic nitrogens is 1. The number of pyridine rings is 1. The van der Waals surface area contributed by atoms with Crippen LogP contribution in [0.3, 0.4) is 0 Å². The summed E-state index contributed by atoms with van der Waals surface area (Å²) >= 11 is 0. The van der Waals surface area contributed by atoms with Crippen molar-refractivity contribution in [1.82, 2.24) is 4.98 Å². The zero-order valence-electron chi connectivity index (χ0n) is 8.05. The fraction of sp³-hybridized carbons (Fsp3) is 0. The summed E-state index contributed by atoms with van der Waals surface area (Å²) in [5, 5.41) is 1.09. The van der Waals surface area contributed by atoms with E-state index in [-0.39, 0.29) is 0 Å². The number of rotatable bonds is 1. The summed E-state index contributed by atoms with van der Waals surface area (Å²) in [7, 11) is 0. The van der Waals surface area contributed by atoms with Gasteiger partial charge in [-0.05, 0) is 12.1 Å². The molecule has 2 nitrogen and oxygen atoms in total. The molecular weight excluding hydrogens is 186 g/mol. The Labute approximate surface area is 87.2 Å². The summed E-state index contributed by atoms with van der Waals surface area (Å²) in [6.07, 6.45) is 3.50. The molecule has 0 saturated carbocycles. The molecule has 0 aliphatic heterocycles. The van der Waals surface area contributed by atoms with Crippen LogP contribution < -0.4 is 0 Å². The summed E-state index contributed by atoms with van der Waals surface area (Å²) in [6, 6.07) is 14.0. The van der Waals surface area contributed by atoms with Gasteiger partial charge in [0.15, 0.2) is 5.58 Å². The Hall–Kier alpha value is -2.09. The smallest absolute Gasteiger partial charge is 0.160 e. The molecule has 0 N–H and O–H groups in total. The third-order valence-electron chi connectivity index (χ3n) is 2.42. The molecule has 0 amide bonds. The van der Waals surface area contributed by atoms with E-state index in [1.807, 2.05) is 42.5 Å². The number of benzene rings is 1. The molecule has 0 bridgehead atoms. The molecule has 0 aliphatic carbocycles. The van der Waals surface area contributed by atoms with Gasteiger partial charge in [0.25, 0.3) is 0 Å². The molecule has 0 atom stereocenters. The van der Waals surface area contributed by atoms with Gasteiger partial charge in [-0.1, -0.05) is 30.3 Å². The molecule has 2 aromatic heterocycles. The van der Waals surface area contributed by atoms with Crippen molar-refractivity contribution in [2.75, 3.05) is 0 Å². The van der Waals surface area contributed by atoms with Crippen LogP contribution in [0.1, 0.15) is 0 Å². The zero-order chi connectivity index (χ0) is 10.1. The van der Waals surface area contributed by atoms with Crippen molar-refractivity contribution >= 4 is 11.0 Å². The van der Waals surface area contributed by atoms with Crippen molar-refractivity contribution < 1.29 is 4.42 Å². The average Bonchev–Trinajstić information content (AvgIpc) is 2.78. The second-order valence-corrected chi connectivity index (χ2v) is 3.36. The second-order valence-electron chi connectivity index (χ2n) is 3.36. The first-order chi connectivity index (χ1) is 7.45. The Kier molecular flexibility index (Phi) is 1.78. The molecule has 2 heterocycles. The van der Waals surface area contributed by atoms with E-state index in [1.165, 1.54) is 0 Å². The van der Waals surface area contributed by atoms with Crippen LogP contribution in [0.15, 0.2) is 59.3 Å². The van der Waals surface area contributed by atoms with Crippen LogP contribution in [0.5, 0.6) is 0 Å². The first-order valence-corrected chi connectivity index (χ1v) is 4.83. The van der Waals surface area contributed by atoms with Crippen LogP contribution in [0.4, 0.5) is 0 Å². The number of furan rings is 1. The van der Waals surface area contributed by atoms with Crippen molar-refractivity contribution in [1.29, 1.82) is 0 Å². The molecule has 3 aromatic rings. The number of hydrogen-bond donors (Lipinski definition) is 0. The van der Waals surface area contributed by atoms with Gasteiger partial charge in [0.2, 0.25) is 0 Å². The topological polar surface area (TPSA) is 26.0 Å². The molecule has 2 heteroatoms. The lowest BCUT2D eigenvalue weighted by Gasteiger charge is -2.00. The van der Waals surface area contributed by atoms with E-state index in [2.05, 4.69) is 4.98 Å². The Morgan fingerprint density at radius 3 is 2.67 bits per heavy atom. The molecule has 0 fully saturated rings. The van der Waals surface area contributed by atoms with Gasteiger partial charge in [-0.25, -0.2) is 0 Å². The first-order valence-electron chi connectivity index (χ1n) is 4.83. The summed E-state index contributed by atoms with van der Waals surface area (Å²) in [6.45, 7) is 0. The minimum Gasteiger partial charge on any atom is -0.462 e. The molecule has 0 aliphatic rings. The van der Waals surface area contributed by atoms with Gasteiger partial charge in [0.05, 0.1) is 6.26 Å². The molecular formula is C13H9NO. The lowest BCUT2D eigenvalue weighted by molar-refractivity contribution is 0.615. The van der Waals surface area contributed by atoms with Gasteiger partial charge in [-0.2, -0.15) is 0 Å². The van der Waals surface area contributed by atoms with Gasteiger partial charge in [-0.3, -0.25) is 4.98 Å². The van der Waals surface area contributed by atoms with Crippen LogP contribution in [-0.4, -0.2) is 4.98 Å². The average molecular weight is 195 g/mol. The minimum atomic E-state index is 0.851. The predicted molar refractivity (Wildman–Crippen MR) is 59.4 cm³/mol. The van der Waals surface area contributed by atoms with Crippen molar-refractivity contribution in [3.8, 4) is 11.3 Å². The molecule has 0 saturated heterocycles. The maximum atomic E-state index is 5.44. The van der Waals surface area contributed by atoms with Crippen molar-refractivity contribution in [3.05, 3.63) is 54.9 Å². The molecule has 3 rings (SSSR count). The second kappa shape index (κ2) is 3.24. The molecule has 0 spiro atoms. The maximum absolute atomic E-state index is 5.44. The predicted octanol–water partition coefficient (Wildman–Crippen LogP) is 3.49. The van der Waals surface area contributed by atoms with Crippen LogP contribution in [0.25, 0.3) is 22.2 Å². The number of nitrogens with zero attached hydrogens (tertiary/aromatic N) is 1. The summed E-state index contributed by atoms with van der Waals surface area (Å²) in [4.78, 5) is 4.36. The Morgan fingerprint density at radius 2 is 1.80 bits per heavy atom. The van der Waals surface area contributed by atoms with Crippen LogP contribution in [0.2, 0.25) is 0 Å². The van der Waals surface area contributed by atoms with Crippen LogP contribution >= 0.6 is 0 Å². The van der Waals surface area contributed by atoms with Gasteiger partial charge < -0.3 is 4.42 Å². The molecule has 15 heavy (non-hydrogen) atoms. The molecule has 0 radical (unpaired) electrons. The van der Waals surface area contributed by atoms with E-state index >= 15 is 0 Å². The molecule has 1 aromatic carbocycles. The third-order valence-corrected chi connectivity index (χ3v) is 2.42. The minimum absolute atomic E-state index is 0.851. The monoisotopic (exact) mass is 195 g/mol. The normalized spacial score (nSPS) is 10.7. The van der Waals surface area contributed by atoms with E-state index < -0.39 is 0 Å². The zero-order valence-corrected chi connectivity index (χ0v) is 8.05. The number of fused-ring (bicyclic) bond motifs is 1. The van der Waals surface area contributed by atoms with Gasteiger partial charge in [0, 0.05) is 17.1 Å². The highest BCUT2D eigenvalue weighted by Crippen LogP contribution is 2.26. The highest BCUT2D eigenvalue weighted by Gasteiger charge is 2.06. The van der Waals surface area contributed by atoms with E-state index in [1.54, 1.807) is 12.5 Å². The third kappa shape index (κ3) is 1.31. The van der Waals surface area contributed by atoms with Gasteiger partial charge in [0.1, 0.15) is 5.69 Å². The Morgan fingerprint density at radius 1 is 0.933 bits per heavy atom. The summed E-state index contributed by atoms with van der Waals surface area (Å²) in [5.74, 6) is 0. The summed E-state index contributed by atoms with van der Waals surface area (Å²) in [5.41, 5.74) is 2.83. The lowest BCUT2D eigenvalue weighted by Crippen LogP contribution is -1.82. The fourth-order valence-corrected chi connectivity index (χ4v) is 1.70. The Bertz CT molecular complexity index is 584. The highest BCUT2D eigenvalue weighted by molar-refractivity contribution is 5.89. The quantitative estimate of drug-likeness (QED) is 0.594. The molecule has 72 valence electrons. The lowest BCUT2D eigenvalue weighted by atomic mass is 10.1. The van der Waals surface area contributed by atoms with Crippen molar-refractivity contribution in [3.63, 3.8) is 0 Å². The maximum Gasteiger partial charge on any atom is 0.160 e. The van der Waals surface area contributed by atoms with E-state index in [0.717, 1.165) is 22.2 Å². The highest BCUT2D eigenvalue weighted by atomic mass is 16.3. The van der Waals surface area contributed by atoms with Gasteiger partial charge >= 0.3 is 0 Å². The Balaban J connectivity index is 2.31. The SMILES string of the molecule is c1ccc(-c2nccc3ccoc23)cc1.